The molecule has 0 unspecified atom stereocenters. The molecule has 1 saturated heterocycles. The summed E-state index contributed by atoms with van der Waals surface area (Å²) >= 11 is 0. The van der Waals surface area contributed by atoms with Gasteiger partial charge in [0.1, 0.15) is 11.6 Å². The van der Waals surface area contributed by atoms with Gasteiger partial charge < -0.3 is 20.1 Å². The average molecular weight is 328 g/mol. The molecule has 2 amide bonds. The smallest absolute Gasteiger partial charge is 0.408 e. The summed E-state index contributed by atoms with van der Waals surface area (Å²) in [5.74, 6) is -1.04. The number of carbonyl (C=O) groups excluding carboxylic acids is 3. The van der Waals surface area contributed by atoms with E-state index in [0.29, 0.717) is 6.42 Å². The van der Waals surface area contributed by atoms with Crippen molar-refractivity contribution in [2.24, 2.45) is 5.92 Å². The van der Waals surface area contributed by atoms with Crippen molar-refractivity contribution in [3.05, 3.63) is 0 Å². The Morgan fingerprint density at radius 3 is 2.48 bits per heavy atom. The zero-order chi connectivity index (χ0) is 17.8. The SMILES string of the molecule is COC(=O)[C@H](C[C@@H]1CCC(C)(C)NC1=O)NC(=O)OC(C)(C)C. The summed E-state index contributed by atoms with van der Waals surface area (Å²) < 4.78 is 9.87. The van der Waals surface area contributed by atoms with Gasteiger partial charge in [-0.1, -0.05) is 0 Å². The van der Waals surface area contributed by atoms with Gasteiger partial charge in [0.25, 0.3) is 0 Å². The van der Waals surface area contributed by atoms with Crippen LogP contribution in [0.25, 0.3) is 0 Å². The van der Waals surface area contributed by atoms with E-state index in [4.69, 9.17) is 9.47 Å². The molecular weight excluding hydrogens is 300 g/mol. The maximum absolute atomic E-state index is 12.2. The number of hydrogen-bond acceptors (Lipinski definition) is 5. The molecule has 0 spiro atoms. The quantitative estimate of drug-likeness (QED) is 0.767. The summed E-state index contributed by atoms with van der Waals surface area (Å²) in [6.45, 7) is 9.11. The van der Waals surface area contributed by atoms with E-state index in [9.17, 15) is 14.4 Å². The molecule has 7 nitrogen and oxygen atoms in total. The highest BCUT2D eigenvalue weighted by Gasteiger charge is 2.36. The molecule has 1 heterocycles. The maximum Gasteiger partial charge on any atom is 0.408 e. The minimum atomic E-state index is -0.910. The van der Waals surface area contributed by atoms with Crippen LogP contribution in [0, 0.1) is 5.92 Å². The fourth-order valence-electron chi connectivity index (χ4n) is 2.48. The zero-order valence-corrected chi connectivity index (χ0v) is 14.8. The lowest BCUT2D eigenvalue weighted by Gasteiger charge is -2.36. The van der Waals surface area contributed by atoms with E-state index in [0.717, 1.165) is 6.42 Å². The number of methoxy groups -OCH3 is 1. The third-order valence-electron chi connectivity index (χ3n) is 3.65. The normalized spacial score (nSPS) is 21.8. The average Bonchev–Trinajstić information content (AvgIpc) is 2.37. The van der Waals surface area contributed by atoms with Gasteiger partial charge in [0, 0.05) is 11.5 Å². The second kappa shape index (κ2) is 7.19. The highest BCUT2D eigenvalue weighted by molar-refractivity contribution is 5.84. The van der Waals surface area contributed by atoms with Crippen molar-refractivity contribution in [3.63, 3.8) is 0 Å². The first-order chi connectivity index (χ1) is 10.4. The van der Waals surface area contributed by atoms with Crippen LogP contribution in [0.15, 0.2) is 0 Å². The van der Waals surface area contributed by atoms with Gasteiger partial charge >= 0.3 is 12.1 Å². The van der Waals surface area contributed by atoms with Gasteiger partial charge in [-0.3, -0.25) is 4.79 Å². The molecule has 0 aromatic rings. The Kier molecular flexibility index (Phi) is 6.02. The van der Waals surface area contributed by atoms with E-state index < -0.39 is 23.7 Å². The predicted octanol–water partition coefficient (Wildman–Crippen LogP) is 1.75. The molecule has 0 aliphatic carbocycles. The predicted molar refractivity (Wildman–Crippen MR) is 84.7 cm³/mol. The molecule has 0 radical (unpaired) electrons. The van der Waals surface area contributed by atoms with Crippen molar-refractivity contribution in [1.82, 2.24) is 10.6 Å². The third-order valence-corrected chi connectivity index (χ3v) is 3.65. The van der Waals surface area contributed by atoms with Crippen molar-refractivity contribution in [2.75, 3.05) is 7.11 Å². The minimum absolute atomic E-state index is 0.110. The van der Waals surface area contributed by atoms with Crippen LogP contribution in [0.1, 0.15) is 53.9 Å². The molecular formula is C16H28N2O5. The van der Waals surface area contributed by atoms with Crippen LogP contribution in [0.3, 0.4) is 0 Å². The van der Waals surface area contributed by atoms with Crippen LogP contribution >= 0.6 is 0 Å². The number of hydrogen-bond donors (Lipinski definition) is 2. The Morgan fingerprint density at radius 1 is 1.39 bits per heavy atom. The molecule has 1 rings (SSSR count). The molecule has 132 valence electrons. The third kappa shape index (κ3) is 6.46. The first-order valence-electron chi connectivity index (χ1n) is 7.83. The van der Waals surface area contributed by atoms with Crippen molar-refractivity contribution in [2.45, 2.75) is 71.1 Å². The van der Waals surface area contributed by atoms with Gasteiger partial charge in [0.05, 0.1) is 7.11 Å². The molecule has 1 fully saturated rings. The monoisotopic (exact) mass is 328 g/mol. The fourth-order valence-corrected chi connectivity index (χ4v) is 2.48. The second-order valence-electron chi connectivity index (χ2n) is 7.57. The molecule has 0 aromatic carbocycles. The van der Waals surface area contributed by atoms with Crippen LogP contribution in [-0.4, -0.2) is 42.3 Å². The van der Waals surface area contributed by atoms with Gasteiger partial charge in [0.15, 0.2) is 0 Å². The van der Waals surface area contributed by atoms with Crippen LogP contribution in [0.2, 0.25) is 0 Å². The summed E-state index contributed by atoms with van der Waals surface area (Å²) in [5, 5.41) is 5.42. The number of rotatable bonds is 4. The number of carbonyl (C=O) groups is 3. The van der Waals surface area contributed by atoms with E-state index in [1.54, 1.807) is 20.8 Å². The molecule has 1 aliphatic heterocycles. The summed E-state index contributed by atoms with van der Waals surface area (Å²) in [4.78, 5) is 35.9. The second-order valence-corrected chi connectivity index (χ2v) is 7.57. The number of piperidine rings is 1. The Hall–Kier alpha value is -1.79. The number of ether oxygens (including phenoxy) is 2. The van der Waals surface area contributed by atoms with Crippen molar-refractivity contribution in [3.8, 4) is 0 Å². The summed E-state index contributed by atoms with van der Waals surface area (Å²) in [6.07, 6.45) is 0.948. The van der Waals surface area contributed by atoms with Gasteiger partial charge in [-0.25, -0.2) is 9.59 Å². The maximum atomic E-state index is 12.2. The molecule has 23 heavy (non-hydrogen) atoms. The van der Waals surface area contributed by atoms with E-state index in [2.05, 4.69) is 10.6 Å². The van der Waals surface area contributed by atoms with Crippen LogP contribution in [-0.2, 0) is 19.1 Å². The molecule has 1 aliphatic rings. The van der Waals surface area contributed by atoms with Crippen LogP contribution in [0.5, 0.6) is 0 Å². The Bertz CT molecular complexity index is 468. The Balaban J connectivity index is 2.71. The molecule has 7 heteroatoms. The van der Waals surface area contributed by atoms with E-state index in [1.165, 1.54) is 7.11 Å². The van der Waals surface area contributed by atoms with E-state index in [-0.39, 0.29) is 23.8 Å². The summed E-state index contributed by atoms with van der Waals surface area (Å²) in [7, 11) is 1.25. The molecule has 2 atom stereocenters. The van der Waals surface area contributed by atoms with Crippen molar-refractivity contribution in [1.29, 1.82) is 0 Å². The van der Waals surface area contributed by atoms with Crippen LogP contribution < -0.4 is 10.6 Å². The molecule has 0 bridgehead atoms. The number of alkyl carbamates (subject to hydrolysis) is 1. The van der Waals surface area contributed by atoms with E-state index in [1.807, 2.05) is 13.8 Å². The zero-order valence-electron chi connectivity index (χ0n) is 14.8. The lowest BCUT2D eigenvalue weighted by Crippen LogP contribution is -2.53. The highest BCUT2D eigenvalue weighted by atomic mass is 16.6. The van der Waals surface area contributed by atoms with Crippen LogP contribution in [0.4, 0.5) is 4.79 Å². The van der Waals surface area contributed by atoms with Gasteiger partial charge in [-0.05, 0) is 53.9 Å². The number of amides is 2. The Morgan fingerprint density at radius 2 is 2.00 bits per heavy atom. The largest absolute Gasteiger partial charge is 0.467 e. The number of esters is 1. The Labute approximate surface area is 137 Å². The highest BCUT2D eigenvalue weighted by Crippen LogP contribution is 2.26. The van der Waals surface area contributed by atoms with Crippen molar-refractivity contribution >= 4 is 18.0 Å². The van der Waals surface area contributed by atoms with Gasteiger partial charge in [0.2, 0.25) is 5.91 Å². The lowest BCUT2D eigenvalue weighted by molar-refractivity contribution is -0.144. The first-order valence-corrected chi connectivity index (χ1v) is 7.83. The van der Waals surface area contributed by atoms with Gasteiger partial charge in [-0.2, -0.15) is 0 Å². The minimum Gasteiger partial charge on any atom is -0.467 e. The molecule has 0 saturated carbocycles. The topological polar surface area (TPSA) is 93.7 Å². The van der Waals surface area contributed by atoms with E-state index >= 15 is 0 Å². The molecule has 2 N–H and O–H groups in total. The summed E-state index contributed by atoms with van der Waals surface area (Å²) in [6, 6.07) is -0.910. The van der Waals surface area contributed by atoms with Gasteiger partial charge in [-0.15, -0.1) is 0 Å². The number of nitrogens with one attached hydrogen (secondary N) is 2. The summed E-state index contributed by atoms with van der Waals surface area (Å²) in [5.41, 5.74) is -0.913. The standard InChI is InChI=1S/C16H28N2O5/c1-15(2,3)23-14(21)17-11(13(20)22-6)9-10-7-8-16(4,5)18-12(10)19/h10-11H,7-9H2,1-6H3,(H,17,21)(H,18,19)/t10-,11-/m0/s1. The first kappa shape index (κ1) is 19.3. The fraction of sp³-hybridized carbons (Fsp3) is 0.812. The molecule has 0 aromatic heterocycles. The lowest BCUT2D eigenvalue weighted by atomic mass is 9.83. The van der Waals surface area contributed by atoms with Crippen molar-refractivity contribution < 1.29 is 23.9 Å².